The molecule has 0 saturated carbocycles. The zero-order valence-electron chi connectivity index (χ0n) is 13.1. The van der Waals surface area contributed by atoms with Crippen LogP contribution in [0, 0.1) is 12.8 Å². The molecule has 4 heteroatoms. The van der Waals surface area contributed by atoms with Gasteiger partial charge in [0.05, 0.1) is 5.60 Å². The number of hydrogen-bond donors (Lipinski definition) is 2. The molecule has 0 heterocycles. The predicted molar refractivity (Wildman–Crippen MR) is 87.2 cm³/mol. The molecule has 1 aromatic carbocycles. The highest BCUT2D eigenvalue weighted by molar-refractivity contribution is 9.10. The van der Waals surface area contributed by atoms with Crippen molar-refractivity contribution in [1.29, 1.82) is 0 Å². The van der Waals surface area contributed by atoms with Crippen molar-refractivity contribution in [1.82, 2.24) is 5.32 Å². The molecule has 3 nitrogen and oxygen atoms in total. The molecule has 0 atom stereocenters. The number of hydrogen-bond acceptors (Lipinski definition) is 3. The first-order chi connectivity index (χ1) is 9.19. The van der Waals surface area contributed by atoms with Gasteiger partial charge in [-0.2, -0.15) is 0 Å². The van der Waals surface area contributed by atoms with E-state index < -0.39 is 5.60 Å². The van der Waals surface area contributed by atoms with Gasteiger partial charge >= 0.3 is 0 Å². The standard InChI is InChI=1S/C16H26BrNO2/c1-11(2)8-18-9-13-7-14(17)6-12(3)15(13)20-10-16(4,5)19/h6-7,11,18-19H,8-10H2,1-5H3. The van der Waals surface area contributed by atoms with Crippen LogP contribution in [0.3, 0.4) is 0 Å². The quantitative estimate of drug-likeness (QED) is 0.793. The van der Waals surface area contributed by atoms with Gasteiger partial charge in [-0.3, -0.25) is 0 Å². The molecule has 2 N–H and O–H groups in total. The Bertz CT molecular complexity index is 439. The van der Waals surface area contributed by atoms with Crippen molar-refractivity contribution < 1.29 is 9.84 Å². The van der Waals surface area contributed by atoms with Crippen LogP contribution in [0.4, 0.5) is 0 Å². The average Bonchev–Trinajstić information content (AvgIpc) is 2.25. The highest BCUT2D eigenvalue weighted by atomic mass is 79.9. The Labute approximate surface area is 130 Å². The third-order valence-electron chi connectivity index (χ3n) is 2.75. The minimum atomic E-state index is -0.831. The maximum absolute atomic E-state index is 9.81. The molecule has 1 aromatic rings. The van der Waals surface area contributed by atoms with Gasteiger partial charge in [-0.25, -0.2) is 0 Å². The number of nitrogens with one attached hydrogen (secondary N) is 1. The molecule has 0 fully saturated rings. The fourth-order valence-corrected chi connectivity index (χ4v) is 2.50. The molecule has 20 heavy (non-hydrogen) atoms. The van der Waals surface area contributed by atoms with E-state index in [9.17, 15) is 5.11 Å². The van der Waals surface area contributed by atoms with E-state index >= 15 is 0 Å². The van der Waals surface area contributed by atoms with Crippen LogP contribution in [-0.2, 0) is 6.54 Å². The summed E-state index contributed by atoms with van der Waals surface area (Å²) < 4.78 is 6.88. The van der Waals surface area contributed by atoms with Gasteiger partial charge in [-0.15, -0.1) is 0 Å². The molecule has 0 radical (unpaired) electrons. The summed E-state index contributed by atoms with van der Waals surface area (Å²) in [6.07, 6.45) is 0. The number of rotatable bonds is 7. The van der Waals surface area contributed by atoms with Crippen LogP contribution < -0.4 is 10.1 Å². The van der Waals surface area contributed by atoms with Crippen LogP contribution >= 0.6 is 15.9 Å². The van der Waals surface area contributed by atoms with Crippen LogP contribution in [0.5, 0.6) is 5.75 Å². The molecule has 0 aliphatic rings. The number of aliphatic hydroxyl groups is 1. The van der Waals surface area contributed by atoms with Crippen LogP contribution in [0.1, 0.15) is 38.8 Å². The largest absolute Gasteiger partial charge is 0.490 e. The van der Waals surface area contributed by atoms with Gasteiger partial charge in [0, 0.05) is 16.6 Å². The van der Waals surface area contributed by atoms with Gasteiger partial charge in [0.15, 0.2) is 0 Å². The first-order valence-corrected chi connectivity index (χ1v) is 7.83. The Hall–Kier alpha value is -0.580. The van der Waals surface area contributed by atoms with Gasteiger partial charge in [-0.1, -0.05) is 29.8 Å². The van der Waals surface area contributed by atoms with E-state index in [1.165, 1.54) is 0 Å². The molecule has 0 unspecified atom stereocenters. The summed E-state index contributed by atoms with van der Waals surface area (Å²) in [5.74, 6) is 1.48. The smallest absolute Gasteiger partial charge is 0.126 e. The lowest BCUT2D eigenvalue weighted by Gasteiger charge is -2.21. The van der Waals surface area contributed by atoms with E-state index in [0.29, 0.717) is 5.92 Å². The van der Waals surface area contributed by atoms with Crippen molar-refractivity contribution in [3.05, 3.63) is 27.7 Å². The highest BCUT2D eigenvalue weighted by Gasteiger charge is 2.16. The van der Waals surface area contributed by atoms with E-state index in [1.807, 2.05) is 13.0 Å². The molecule has 0 amide bonds. The summed E-state index contributed by atoms with van der Waals surface area (Å²) in [5.41, 5.74) is 1.36. The molecule has 0 bridgehead atoms. The van der Waals surface area contributed by atoms with Gasteiger partial charge < -0.3 is 15.2 Å². The minimum absolute atomic E-state index is 0.284. The number of benzene rings is 1. The molecular weight excluding hydrogens is 318 g/mol. The van der Waals surface area contributed by atoms with Crippen molar-refractivity contribution in [2.45, 2.75) is 46.8 Å². The van der Waals surface area contributed by atoms with Crippen molar-refractivity contribution in [2.75, 3.05) is 13.2 Å². The summed E-state index contributed by atoms with van der Waals surface area (Å²) in [6.45, 7) is 11.9. The van der Waals surface area contributed by atoms with Crippen molar-refractivity contribution in [2.24, 2.45) is 5.92 Å². The fraction of sp³-hybridized carbons (Fsp3) is 0.625. The first-order valence-electron chi connectivity index (χ1n) is 7.04. The highest BCUT2D eigenvalue weighted by Crippen LogP contribution is 2.28. The Kier molecular flexibility index (Phi) is 6.49. The van der Waals surface area contributed by atoms with E-state index in [-0.39, 0.29) is 6.61 Å². The van der Waals surface area contributed by atoms with Crippen molar-refractivity contribution in [3.63, 3.8) is 0 Å². The number of ether oxygens (including phenoxy) is 1. The van der Waals surface area contributed by atoms with Crippen molar-refractivity contribution in [3.8, 4) is 5.75 Å². The van der Waals surface area contributed by atoms with Crippen LogP contribution in [0.2, 0.25) is 0 Å². The third-order valence-corrected chi connectivity index (χ3v) is 3.21. The molecule has 0 saturated heterocycles. The van der Waals surface area contributed by atoms with Crippen LogP contribution in [0.25, 0.3) is 0 Å². The lowest BCUT2D eigenvalue weighted by molar-refractivity contribution is 0.0279. The summed E-state index contributed by atoms with van der Waals surface area (Å²) in [5, 5.41) is 13.2. The first kappa shape index (κ1) is 17.5. The summed E-state index contributed by atoms with van der Waals surface area (Å²) in [6, 6.07) is 4.10. The molecule has 114 valence electrons. The lowest BCUT2D eigenvalue weighted by Crippen LogP contribution is -2.28. The Balaban J connectivity index is 2.84. The molecule has 0 spiro atoms. The molecule has 0 aromatic heterocycles. The van der Waals surface area contributed by atoms with E-state index in [4.69, 9.17) is 4.74 Å². The number of aryl methyl sites for hydroxylation is 1. The summed E-state index contributed by atoms with van der Waals surface area (Å²) >= 11 is 3.53. The Morgan fingerprint density at radius 3 is 2.55 bits per heavy atom. The number of halogens is 1. The minimum Gasteiger partial charge on any atom is -0.490 e. The second-order valence-corrected chi connectivity index (χ2v) is 7.25. The predicted octanol–water partition coefficient (Wildman–Crippen LogP) is 3.65. The monoisotopic (exact) mass is 343 g/mol. The SMILES string of the molecule is Cc1cc(Br)cc(CNCC(C)C)c1OCC(C)(C)O. The zero-order valence-corrected chi connectivity index (χ0v) is 14.7. The average molecular weight is 344 g/mol. The maximum atomic E-state index is 9.81. The molecular formula is C16H26BrNO2. The third kappa shape index (κ3) is 6.25. The van der Waals surface area contributed by atoms with E-state index in [0.717, 1.165) is 34.4 Å². The van der Waals surface area contributed by atoms with E-state index in [2.05, 4.69) is 41.2 Å². The van der Waals surface area contributed by atoms with Gasteiger partial charge in [-0.05, 0) is 50.9 Å². The summed E-state index contributed by atoms with van der Waals surface area (Å²) in [7, 11) is 0. The topological polar surface area (TPSA) is 41.5 Å². The maximum Gasteiger partial charge on any atom is 0.126 e. The van der Waals surface area contributed by atoms with E-state index in [1.54, 1.807) is 13.8 Å². The zero-order chi connectivity index (χ0) is 15.3. The second-order valence-electron chi connectivity index (χ2n) is 6.34. The van der Waals surface area contributed by atoms with Crippen LogP contribution in [-0.4, -0.2) is 23.9 Å². The molecule has 0 aliphatic heterocycles. The van der Waals surface area contributed by atoms with Gasteiger partial charge in [0.1, 0.15) is 12.4 Å². The van der Waals surface area contributed by atoms with Gasteiger partial charge in [0.2, 0.25) is 0 Å². The molecule has 1 rings (SSSR count). The van der Waals surface area contributed by atoms with Crippen LogP contribution in [0.15, 0.2) is 16.6 Å². The van der Waals surface area contributed by atoms with Gasteiger partial charge in [0.25, 0.3) is 0 Å². The normalized spacial score (nSPS) is 12.0. The fourth-order valence-electron chi connectivity index (χ4n) is 1.88. The Morgan fingerprint density at radius 1 is 1.35 bits per heavy atom. The second kappa shape index (κ2) is 7.43. The Morgan fingerprint density at radius 2 is 2.00 bits per heavy atom. The molecule has 0 aliphatic carbocycles. The summed E-state index contributed by atoms with van der Waals surface area (Å²) in [4.78, 5) is 0. The van der Waals surface area contributed by atoms with Crippen molar-refractivity contribution >= 4 is 15.9 Å². The lowest BCUT2D eigenvalue weighted by atomic mass is 10.1.